The summed E-state index contributed by atoms with van der Waals surface area (Å²) in [5.74, 6) is 0. The predicted molar refractivity (Wildman–Crippen MR) is 23.6 cm³/mol. The lowest BCUT2D eigenvalue weighted by Crippen LogP contribution is -1.39. The number of isothiocyanates is 1. The van der Waals surface area contributed by atoms with Crippen LogP contribution in [0.3, 0.4) is 0 Å². The summed E-state index contributed by atoms with van der Waals surface area (Å²) >= 11 is 4.14. The van der Waals surface area contributed by atoms with Crippen LogP contribution in [0, 0.1) is 0 Å². The zero-order valence-electron chi connectivity index (χ0n) is 2.36. The van der Waals surface area contributed by atoms with Crippen LogP contribution in [0.2, 0.25) is 0 Å². The Hall–Kier alpha value is -0.135. The number of hydrogen-bond donors (Lipinski definition) is 0. The molecule has 0 fully saturated rings. The Balaban J connectivity index is 3.11. The molecule has 0 N–H and O–H groups in total. The highest BCUT2D eigenvalue weighted by Gasteiger charge is 1.28. The van der Waals surface area contributed by atoms with E-state index in [1.165, 1.54) is 0 Å². The maximum Gasteiger partial charge on any atom is 0.258 e. The largest absolute Gasteiger partial charge is 0.304 e. The predicted octanol–water partition coefficient (Wildman–Crippen LogP) is -0.363. The minimum atomic E-state index is 1.59. The van der Waals surface area contributed by atoms with E-state index < -0.39 is 0 Å². The van der Waals surface area contributed by atoms with Crippen molar-refractivity contribution in [3.63, 3.8) is 0 Å². The average Bonchev–Trinajstić information content (AvgIpc) is 1.37. The fourth-order valence-electron chi connectivity index (χ4n) is 0. The molecule has 0 aromatic rings. The van der Waals surface area contributed by atoms with Crippen LogP contribution in [0.15, 0.2) is 4.90 Å². The molecule has 0 atom stereocenters. The number of thiocarbonyl (C=S) groups is 1. The number of nitrogens with zero attached hydrogens (tertiary/aromatic N) is 1. The second-order valence-corrected chi connectivity index (χ2v) is 0.497. The SMILES string of the molecule is BN=C=S. The van der Waals surface area contributed by atoms with Crippen LogP contribution in [0.5, 0.6) is 0 Å². The highest BCUT2D eigenvalue weighted by molar-refractivity contribution is 7.78. The zero-order chi connectivity index (χ0) is 3.41. The van der Waals surface area contributed by atoms with Gasteiger partial charge < -0.3 is 4.90 Å². The Morgan fingerprint density at radius 1 is 2.00 bits per heavy atom. The summed E-state index contributed by atoms with van der Waals surface area (Å²) in [6, 6.07) is 0. The average molecular weight is 70.9 g/mol. The Morgan fingerprint density at radius 2 is 2.25 bits per heavy atom. The molecule has 0 saturated heterocycles. The van der Waals surface area contributed by atoms with E-state index in [1.807, 2.05) is 0 Å². The molecular weight excluding hydrogens is 68.9 g/mol. The Morgan fingerprint density at radius 3 is 2.25 bits per heavy atom. The molecule has 0 aromatic carbocycles. The van der Waals surface area contributed by atoms with Gasteiger partial charge in [0.25, 0.3) is 7.98 Å². The van der Waals surface area contributed by atoms with Crippen molar-refractivity contribution in [2.45, 2.75) is 0 Å². The van der Waals surface area contributed by atoms with Gasteiger partial charge in [-0.3, -0.25) is 0 Å². The highest BCUT2D eigenvalue weighted by Crippen LogP contribution is 1.33. The summed E-state index contributed by atoms with van der Waals surface area (Å²) in [5.41, 5.74) is 0. The third kappa shape index (κ3) is 1.86. The van der Waals surface area contributed by atoms with E-state index in [1.54, 1.807) is 7.98 Å². The van der Waals surface area contributed by atoms with Crippen molar-refractivity contribution in [3.8, 4) is 0 Å². The molecular formula is CH2BNS. The van der Waals surface area contributed by atoms with Gasteiger partial charge in [-0.25, -0.2) is 0 Å². The molecule has 0 aliphatic carbocycles. The fraction of sp³-hybridized carbons (Fsp3) is 0. The summed E-state index contributed by atoms with van der Waals surface area (Å²) < 4.78 is 0. The summed E-state index contributed by atoms with van der Waals surface area (Å²) in [4.78, 5) is 3.30. The first-order valence-electron chi connectivity index (χ1n) is 0.875. The summed E-state index contributed by atoms with van der Waals surface area (Å²) in [5, 5.41) is 2.14. The van der Waals surface area contributed by atoms with Gasteiger partial charge in [-0.05, 0) is 12.2 Å². The molecule has 20 valence electrons. The normalized spacial score (nSPS) is 4.00. The molecule has 0 aromatic heterocycles. The van der Waals surface area contributed by atoms with E-state index in [2.05, 4.69) is 22.3 Å². The van der Waals surface area contributed by atoms with E-state index in [0.29, 0.717) is 0 Å². The van der Waals surface area contributed by atoms with Crippen molar-refractivity contribution in [3.05, 3.63) is 0 Å². The molecule has 4 heavy (non-hydrogen) atoms. The van der Waals surface area contributed by atoms with Gasteiger partial charge >= 0.3 is 0 Å². The van der Waals surface area contributed by atoms with Crippen molar-refractivity contribution in [1.82, 2.24) is 0 Å². The van der Waals surface area contributed by atoms with E-state index in [0.717, 1.165) is 0 Å². The number of hydrogen-bond acceptors (Lipinski definition) is 2. The molecule has 0 aliphatic rings. The van der Waals surface area contributed by atoms with Gasteiger partial charge in [-0.1, -0.05) is 0 Å². The molecule has 0 bridgehead atoms. The van der Waals surface area contributed by atoms with Gasteiger partial charge in [-0.2, -0.15) is 0 Å². The summed E-state index contributed by atoms with van der Waals surface area (Å²) in [6.07, 6.45) is 0. The molecule has 3 heteroatoms. The molecule has 0 heterocycles. The van der Waals surface area contributed by atoms with Gasteiger partial charge in [0.2, 0.25) is 0 Å². The van der Waals surface area contributed by atoms with Gasteiger partial charge in [0.15, 0.2) is 0 Å². The minimum absolute atomic E-state index is 1.59. The molecule has 0 radical (unpaired) electrons. The first kappa shape index (κ1) is 3.86. The standard InChI is InChI=1S/CH2BNS/c2-3-1-4/h2H2. The second kappa shape index (κ2) is 2.86. The summed E-state index contributed by atoms with van der Waals surface area (Å²) in [7, 11) is 1.59. The van der Waals surface area contributed by atoms with E-state index in [-0.39, 0.29) is 0 Å². The van der Waals surface area contributed by atoms with Crippen LogP contribution in [0.25, 0.3) is 0 Å². The molecule has 0 saturated carbocycles. The Bertz CT molecular complexity index is 46.0. The van der Waals surface area contributed by atoms with Crippen molar-refractivity contribution < 1.29 is 0 Å². The molecule has 0 amide bonds. The molecule has 0 spiro atoms. The van der Waals surface area contributed by atoms with Crippen molar-refractivity contribution >= 4 is 25.4 Å². The smallest absolute Gasteiger partial charge is 0.258 e. The Kier molecular flexibility index (Phi) is 2.77. The van der Waals surface area contributed by atoms with Gasteiger partial charge in [0.05, 0.1) is 0 Å². The van der Waals surface area contributed by atoms with Crippen LogP contribution in [-0.2, 0) is 0 Å². The fourth-order valence-corrected chi connectivity index (χ4v) is 0. The molecule has 0 rings (SSSR count). The zero-order valence-corrected chi connectivity index (χ0v) is 3.17. The van der Waals surface area contributed by atoms with Gasteiger partial charge in [-0.15, -0.1) is 0 Å². The quantitative estimate of drug-likeness (QED) is 0.216. The minimum Gasteiger partial charge on any atom is -0.304 e. The van der Waals surface area contributed by atoms with Crippen molar-refractivity contribution in [2.75, 3.05) is 0 Å². The maximum absolute atomic E-state index is 4.14. The monoisotopic (exact) mass is 71.0 g/mol. The first-order chi connectivity index (χ1) is 1.91. The van der Waals surface area contributed by atoms with Crippen LogP contribution in [0.1, 0.15) is 0 Å². The number of rotatable bonds is 0. The maximum atomic E-state index is 4.14. The van der Waals surface area contributed by atoms with E-state index in [9.17, 15) is 0 Å². The molecule has 1 nitrogen and oxygen atoms in total. The Labute approximate surface area is 31.2 Å². The van der Waals surface area contributed by atoms with Crippen LogP contribution < -0.4 is 0 Å². The molecule has 0 aliphatic heterocycles. The first-order valence-corrected chi connectivity index (χ1v) is 1.28. The third-order valence-electron chi connectivity index (χ3n) is 0.0913. The van der Waals surface area contributed by atoms with Crippen molar-refractivity contribution in [1.29, 1.82) is 0 Å². The van der Waals surface area contributed by atoms with E-state index in [4.69, 9.17) is 0 Å². The highest BCUT2D eigenvalue weighted by atomic mass is 32.1. The van der Waals surface area contributed by atoms with Crippen molar-refractivity contribution in [2.24, 2.45) is 4.90 Å². The van der Waals surface area contributed by atoms with Crippen LogP contribution in [-0.4, -0.2) is 13.1 Å². The molecule has 0 unspecified atom stereocenters. The second-order valence-electron chi connectivity index (χ2n) is 0.315. The lowest BCUT2D eigenvalue weighted by atomic mass is 10.5. The van der Waals surface area contributed by atoms with Gasteiger partial charge in [0, 0.05) is 5.16 Å². The van der Waals surface area contributed by atoms with Gasteiger partial charge in [0.1, 0.15) is 0 Å². The lowest BCUT2D eigenvalue weighted by molar-refractivity contribution is 1.99. The van der Waals surface area contributed by atoms with Crippen LogP contribution in [0.4, 0.5) is 0 Å². The third-order valence-corrected chi connectivity index (χ3v) is 0.274. The topological polar surface area (TPSA) is 12.4 Å². The lowest BCUT2D eigenvalue weighted by Gasteiger charge is -1.38. The summed E-state index contributed by atoms with van der Waals surface area (Å²) in [6.45, 7) is 0. The van der Waals surface area contributed by atoms with E-state index >= 15 is 0 Å². The van der Waals surface area contributed by atoms with Crippen LogP contribution >= 0.6 is 12.2 Å².